The molecule has 0 bridgehead atoms. The highest BCUT2D eigenvalue weighted by Gasteiger charge is 2.65. The summed E-state index contributed by atoms with van der Waals surface area (Å²) in [7, 11) is 0. The number of aliphatic hydroxyl groups excluding tert-OH is 1. The number of rotatable bonds is 6. The molecule has 6 nitrogen and oxygen atoms in total. The van der Waals surface area contributed by atoms with Crippen LogP contribution in [0.25, 0.3) is 0 Å². The Morgan fingerprint density at radius 3 is 2.60 bits per heavy atom. The van der Waals surface area contributed by atoms with Gasteiger partial charge in [0.25, 0.3) is 0 Å². The first-order chi connectivity index (χ1) is 18.4. The van der Waals surface area contributed by atoms with Crippen molar-refractivity contribution in [2.75, 3.05) is 11.9 Å². The van der Waals surface area contributed by atoms with E-state index in [1.54, 1.807) is 18.2 Å². The van der Waals surface area contributed by atoms with Gasteiger partial charge in [-0.3, -0.25) is 9.59 Å². The standard InChI is InChI=1S/C30H36Cl2FN3O3.ClH/c1-29(2,3)15-24-30(20-13-22(33)21(32)14-23(20)35-28(30)39)25(17-5-4-6-18(31)12-17)26(36-24)27(38)34-10-9-16-7-8-19(37)11-16;/h4-6,12-14,16,19,24-26,36-37H,7-11,15H2,1-3H3,(H,34,38)(H,35,39);1H/t16-,19-,24+,25-,26+,30-;/m0./s1. The van der Waals surface area contributed by atoms with Gasteiger partial charge in [-0.2, -0.15) is 0 Å². The van der Waals surface area contributed by atoms with Gasteiger partial charge in [0.1, 0.15) is 11.2 Å². The number of benzene rings is 2. The predicted molar refractivity (Wildman–Crippen MR) is 159 cm³/mol. The van der Waals surface area contributed by atoms with Crippen molar-refractivity contribution in [3.05, 3.63) is 63.4 Å². The molecule has 10 heteroatoms. The maximum absolute atomic E-state index is 15.0. The number of carbonyl (C=O) groups excluding carboxylic acids is 2. The molecule has 1 saturated carbocycles. The van der Waals surface area contributed by atoms with Crippen molar-refractivity contribution in [1.82, 2.24) is 10.6 Å². The Morgan fingerprint density at radius 2 is 1.95 bits per heavy atom. The number of hydrogen-bond donors (Lipinski definition) is 4. The second-order valence-electron chi connectivity index (χ2n) is 12.5. The number of anilines is 1. The number of amides is 2. The lowest BCUT2D eigenvalue weighted by molar-refractivity contribution is -0.123. The maximum atomic E-state index is 15.0. The second kappa shape index (κ2) is 11.8. The normalized spacial score (nSPS) is 29.3. The lowest BCUT2D eigenvalue weighted by Crippen LogP contribution is -2.49. The first-order valence-electron chi connectivity index (χ1n) is 13.7. The van der Waals surface area contributed by atoms with E-state index in [1.807, 2.05) is 6.07 Å². The first-order valence-corrected chi connectivity index (χ1v) is 14.4. The van der Waals surface area contributed by atoms with Gasteiger partial charge in [-0.1, -0.05) is 56.1 Å². The minimum atomic E-state index is -1.27. The lowest BCUT2D eigenvalue weighted by Gasteiger charge is -2.37. The van der Waals surface area contributed by atoms with Crippen molar-refractivity contribution in [2.24, 2.45) is 11.3 Å². The van der Waals surface area contributed by atoms with Crippen LogP contribution in [0.15, 0.2) is 36.4 Å². The molecule has 2 amide bonds. The first kappa shape index (κ1) is 31.0. The third-order valence-corrected chi connectivity index (χ3v) is 9.08. The van der Waals surface area contributed by atoms with Crippen LogP contribution in [0.4, 0.5) is 10.1 Å². The van der Waals surface area contributed by atoms with Crippen LogP contribution in [0.3, 0.4) is 0 Å². The van der Waals surface area contributed by atoms with Crippen LogP contribution in [-0.4, -0.2) is 41.7 Å². The van der Waals surface area contributed by atoms with E-state index in [2.05, 4.69) is 36.7 Å². The van der Waals surface area contributed by atoms with Crippen LogP contribution in [0.5, 0.6) is 0 Å². The zero-order valence-corrected chi connectivity index (χ0v) is 25.2. The van der Waals surface area contributed by atoms with Gasteiger partial charge in [-0.05, 0) is 78.8 Å². The average molecular weight is 613 g/mol. The Hall–Kier alpha value is -1.90. The smallest absolute Gasteiger partial charge is 0.237 e. The third-order valence-electron chi connectivity index (χ3n) is 8.56. The molecular formula is C30H37Cl3FN3O3. The Balaban J connectivity index is 0.00000370. The van der Waals surface area contributed by atoms with Gasteiger partial charge in [0.2, 0.25) is 11.8 Å². The summed E-state index contributed by atoms with van der Waals surface area (Å²) in [6, 6.07) is 8.77. The van der Waals surface area contributed by atoms with E-state index < -0.39 is 29.2 Å². The predicted octanol–water partition coefficient (Wildman–Crippen LogP) is 5.97. The molecule has 2 aromatic rings. The lowest BCUT2D eigenvalue weighted by atomic mass is 9.62. The molecule has 2 fully saturated rings. The molecule has 218 valence electrons. The summed E-state index contributed by atoms with van der Waals surface area (Å²) in [6.45, 7) is 6.71. The summed E-state index contributed by atoms with van der Waals surface area (Å²) in [5.74, 6) is -1.40. The van der Waals surface area contributed by atoms with E-state index in [9.17, 15) is 19.1 Å². The summed E-state index contributed by atoms with van der Waals surface area (Å²) in [5, 5.41) is 19.8. The number of fused-ring (bicyclic) bond motifs is 2. The van der Waals surface area contributed by atoms with E-state index in [4.69, 9.17) is 23.2 Å². The number of nitrogens with one attached hydrogen (secondary N) is 3. The monoisotopic (exact) mass is 611 g/mol. The highest BCUT2D eigenvalue weighted by Crippen LogP contribution is 2.57. The van der Waals surface area contributed by atoms with E-state index in [0.29, 0.717) is 35.2 Å². The zero-order valence-electron chi connectivity index (χ0n) is 22.9. The Morgan fingerprint density at radius 1 is 1.20 bits per heavy atom. The van der Waals surface area contributed by atoms with E-state index in [-0.39, 0.29) is 40.8 Å². The molecule has 2 heterocycles. The minimum Gasteiger partial charge on any atom is -0.393 e. The van der Waals surface area contributed by atoms with Gasteiger partial charge in [-0.15, -0.1) is 12.4 Å². The van der Waals surface area contributed by atoms with Crippen LogP contribution < -0.4 is 16.0 Å². The maximum Gasteiger partial charge on any atom is 0.237 e. The summed E-state index contributed by atoms with van der Waals surface area (Å²) in [6.07, 6.45) is 3.58. The van der Waals surface area contributed by atoms with Crippen molar-refractivity contribution in [1.29, 1.82) is 0 Å². The molecule has 40 heavy (non-hydrogen) atoms. The van der Waals surface area contributed by atoms with Crippen LogP contribution in [-0.2, 0) is 15.0 Å². The van der Waals surface area contributed by atoms with Crippen molar-refractivity contribution in [3.63, 3.8) is 0 Å². The van der Waals surface area contributed by atoms with Crippen molar-refractivity contribution in [3.8, 4) is 0 Å². The summed E-state index contributed by atoms with van der Waals surface area (Å²) >= 11 is 12.5. The molecule has 0 aromatic heterocycles. The Bertz CT molecular complexity index is 1290. The number of halogens is 4. The van der Waals surface area contributed by atoms with Crippen molar-refractivity contribution < 1.29 is 19.1 Å². The topological polar surface area (TPSA) is 90.5 Å². The molecular weight excluding hydrogens is 576 g/mol. The van der Waals surface area contributed by atoms with Gasteiger partial charge in [-0.25, -0.2) is 4.39 Å². The third kappa shape index (κ3) is 5.73. The van der Waals surface area contributed by atoms with Gasteiger partial charge in [0.15, 0.2) is 0 Å². The summed E-state index contributed by atoms with van der Waals surface area (Å²) in [4.78, 5) is 28.0. The molecule has 4 N–H and O–H groups in total. The number of carbonyl (C=O) groups is 2. The number of aliphatic hydroxyl groups is 1. The fourth-order valence-electron chi connectivity index (χ4n) is 6.95. The van der Waals surface area contributed by atoms with E-state index in [0.717, 1.165) is 31.2 Å². The molecule has 2 aromatic carbocycles. The quantitative estimate of drug-likeness (QED) is 0.324. The van der Waals surface area contributed by atoms with E-state index >= 15 is 0 Å². The van der Waals surface area contributed by atoms with Crippen LogP contribution in [0.2, 0.25) is 10.0 Å². The zero-order chi connectivity index (χ0) is 28.1. The van der Waals surface area contributed by atoms with Crippen molar-refractivity contribution in [2.45, 2.75) is 82.4 Å². The molecule has 1 saturated heterocycles. The van der Waals surface area contributed by atoms with Crippen LogP contribution >= 0.6 is 35.6 Å². The molecule has 6 atom stereocenters. The SMILES string of the molecule is CC(C)(C)C[C@H]1N[C@@H](C(=O)NCC[C@@H]2CC[C@H](O)C2)[C@H](c2cccc(Cl)c2)[C@@]12C(=O)Nc1cc(Cl)c(F)cc12.Cl. The van der Waals surface area contributed by atoms with Crippen LogP contribution in [0, 0.1) is 17.2 Å². The van der Waals surface area contributed by atoms with Gasteiger partial charge < -0.3 is 21.1 Å². The highest BCUT2D eigenvalue weighted by atomic mass is 35.5. The van der Waals surface area contributed by atoms with Crippen LogP contribution in [0.1, 0.15) is 69.9 Å². The largest absolute Gasteiger partial charge is 0.393 e. The molecule has 1 aliphatic carbocycles. The summed E-state index contributed by atoms with van der Waals surface area (Å²) < 4.78 is 15.0. The molecule has 0 radical (unpaired) electrons. The van der Waals surface area contributed by atoms with Gasteiger partial charge in [0, 0.05) is 29.2 Å². The average Bonchev–Trinajstić information content (AvgIpc) is 3.49. The van der Waals surface area contributed by atoms with Gasteiger partial charge in [0.05, 0.1) is 17.2 Å². The molecule has 1 spiro atoms. The van der Waals surface area contributed by atoms with Gasteiger partial charge >= 0.3 is 0 Å². The fourth-order valence-corrected chi connectivity index (χ4v) is 7.32. The highest BCUT2D eigenvalue weighted by molar-refractivity contribution is 6.31. The molecule has 3 aliphatic rings. The molecule has 2 aliphatic heterocycles. The second-order valence-corrected chi connectivity index (χ2v) is 13.4. The van der Waals surface area contributed by atoms with Crippen molar-refractivity contribution >= 4 is 53.1 Å². The summed E-state index contributed by atoms with van der Waals surface area (Å²) in [5.41, 5.74) is 0.211. The molecule has 5 rings (SSSR count). The molecule has 0 unspecified atom stereocenters. The number of hydrogen-bond acceptors (Lipinski definition) is 4. The Labute approximate surface area is 251 Å². The van der Waals surface area contributed by atoms with E-state index in [1.165, 1.54) is 12.1 Å². The minimum absolute atomic E-state index is 0. The Kier molecular flexibility index (Phi) is 9.13. The fraction of sp³-hybridized carbons (Fsp3) is 0.533.